The predicted octanol–water partition coefficient (Wildman–Crippen LogP) is 3.46. The van der Waals surface area contributed by atoms with Crippen molar-refractivity contribution in [3.63, 3.8) is 0 Å². The van der Waals surface area contributed by atoms with Crippen LogP contribution in [-0.4, -0.2) is 51.3 Å². The molecule has 0 aromatic heterocycles. The molecule has 34 heavy (non-hydrogen) atoms. The van der Waals surface area contributed by atoms with Crippen molar-refractivity contribution < 1.29 is 41.5 Å². The van der Waals surface area contributed by atoms with Crippen LogP contribution >= 0.6 is 0 Å². The molecule has 0 spiro atoms. The van der Waals surface area contributed by atoms with E-state index < -0.39 is 22.1 Å². The van der Waals surface area contributed by atoms with E-state index in [2.05, 4.69) is 13.2 Å². The van der Waals surface area contributed by atoms with E-state index in [0.29, 0.717) is 33.0 Å². The fraction of sp³-hybridized carbons (Fsp3) is 0.167. The summed E-state index contributed by atoms with van der Waals surface area (Å²) in [6.45, 7) is 6.56. The Hall–Kier alpha value is -3.89. The highest BCUT2D eigenvalue weighted by atomic mass is 32.2. The van der Waals surface area contributed by atoms with Crippen LogP contribution in [0, 0.1) is 0 Å². The molecule has 0 heterocycles. The van der Waals surface area contributed by atoms with Crippen LogP contribution in [0.25, 0.3) is 21.5 Å². The van der Waals surface area contributed by atoms with Crippen molar-refractivity contribution in [2.24, 2.45) is 0 Å². The van der Waals surface area contributed by atoms with Crippen LogP contribution in [0.5, 0.6) is 11.5 Å². The van der Waals surface area contributed by atoms with Gasteiger partial charge in [-0.05, 0) is 18.2 Å². The topological polar surface area (TPSA) is 125 Å². The standard InChI is InChI=1S/C24H22O9S/c1-3-21(25)30-11-13-32-23-17-7-5-6-8-18(17)24(33-14-12-31-22(26)4-2)20-15-16(34(27,28)29)9-10-19(20)23/h3-10,15H,1-2,11-14H2,(H,27,28,29). The molecule has 0 aliphatic carbocycles. The number of rotatable bonds is 11. The summed E-state index contributed by atoms with van der Waals surface area (Å²) in [4.78, 5) is 22.2. The summed E-state index contributed by atoms with van der Waals surface area (Å²) in [5.74, 6) is -0.464. The first-order valence-electron chi connectivity index (χ1n) is 10.1. The van der Waals surface area contributed by atoms with Crippen molar-refractivity contribution >= 4 is 43.6 Å². The molecule has 0 amide bonds. The summed E-state index contributed by atoms with van der Waals surface area (Å²) in [6, 6.07) is 11.1. The minimum absolute atomic E-state index is 0.0213. The molecule has 178 valence electrons. The van der Waals surface area contributed by atoms with E-state index in [9.17, 15) is 22.6 Å². The molecule has 0 aliphatic rings. The maximum atomic E-state index is 11.8. The van der Waals surface area contributed by atoms with Crippen LogP contribution in [0.4, 0.5) is 0 Å². The highest BCUT2D eigenvalue weighted by molar-refractivity contribution is 7.85. The zero-order valence-electron chi connectivity index (χ0n) is 18.1. The van der Waals surface area contributed by atoms with Crippen molar-refractivity contribution in [3.05, 3.63) is 67.8 Å². The average Bonchev–Trinajstić information content (AvgIpc) is 2.83. The molecule has 0 bridgehead atoms. The van der Waals surface area contributed by atoms with Crippen LogP contribution < -0.4 is 9.47 Å². The SMILES string of the molecule is C=CC(=O)OCCOc1c2ccccc2c(OCCOC(=O)C=C)c2cc(S(=O)(=O)O)ccc12. The highest BCUT2D eigenvalue weighted by Gasteiger charge is 2.19. The molecule has 3 rings (SSSR count). The van der Waals surface area contributed by atoms with Crippen molar-refractivity contribution in [2.75, 3.05) is 26.4 Å². The molecule has 3 aromatic carbocycles. The molecule has 0 atom stereocenters. The summed E-state index contributed by atoms with van der Waals surface area (Å²) in [5, 5.41) is 2.10. The van der Waals surface area contributed by atoms with Crippen LogP contribution in [0.1, 0.15) is 0 Å². The van der Waals surface area contributed by atoms with Gasteiger partial charge in [0.2, 0.25) is 0 Å². The van der Waals surface area contributed by atoms with Gasteiger partial charge in [0.1, 0.15) is 37.9 Å². The summed E-state index contributed by atoms with van der Waals surface area (Å²) in [5.41, 5.74) is 0. The zero-order valence-corrected chi connectivity index (χ0v) is 18.9. The summed E-state index contributed by atoms with van der Waals surface area (Å²) >= 11 is 0. The first kappa shape index (κ1) is 24.7. The van der Waals surface area contributed by atoms with Crippen LogP contribution in [-0.2, 0) is 29.2 Å². The largest absolute Gasteiger partial charge is 0.489 e. The van der Waals surface area contributed by atoms with Crippen molar-refractivity contribution in [1.82, 2.24) is 0 Å². The normalized spacial score (nSPS) is 11.1. The number of hydrogen-bond donors (Lipinski definition) is 1. The monoisotopic (exact) mass is 486 g/mol. The molecule has 0 radical (unpaired) electrons. The third-order valence-corrected chi connectivity index (χ3v) is 5.53. The van der Waals surface area contributed by atoms with E-state index in [1.807, 2.05) is 0 Å². The summed E-state index contributed by atoms with van der Waals surface area (Å²) < 4.78 is 54.8. The number of ether oxygens (including phenoxy) is 4. The van der Waals surface area contributed by atoms with Crippen molar-refractivity contribution in [3.8, 4) is 11.5 Å². The van der Waals surface area contributed by atoms with E-state index in [-0.39, 0.29) is 31.3 Å². The van der Waals surface area contributed by atoms with Gasteiger partial charge in [0.25, 0.3) is 10.1 Å². The van der Waals surface area contributed by atoms with E-state index >= 15 is 0 Å². The second kappa shape index (κ2) is 10.8. The molecule has 0 saturated carbocycles. The summed E-state index contributed by atoms with van der Waals surface area (Å²) in [7, 11) is -4.49. The van der Waals surface area contributed by atoms with Crippen LogP contribution in [0.2, 0.25) is 0 Å². The van der Waals surface area contributed by atoms with Crippen LogP contribution in [0.15, 0.2) is 72.7 Å². The number of fused-ring (bicyclic) bond motifs is 2. The van der Waals surface area contributed by atoms with Gasteiger partial charge in [-0.3, -0.25) is 4.55 Å². The molecule has 0 unspecified atom stereocenters. The number of esters is 2. The molecular weight excluding hydrogens is 464 g/mol. The van der Waals surface area contributed by atoms with E-state index in [0.717, 1.165) is 12.2 Å². The van der Waals surface area contributed by atoms with E-state index in [4.69, 9.17) is 18.9 Å². The Bertz CT molecular complexity index is 1360. The Balaban J connectivity index is 2.08. The number of hydrogen-bond acceptors (Lipinski definition) is 8. The molecule has 10 heteroatoms. The van der Waals surface area contributed by atoms with Gasteiger partial charge >= 0.3 is 11.9 Å². The molecule has 9 nitrogen and oxygen atoms in total. The van der Waals surface area contributed by atoms with E-state index in [1.54, 1.807) is 24.3 Å². The summed E-state index contributed by atoms with van der Waals surface area (Å²) in [6.07, 6.45) is 2.07. The lowest BCUT2D eigenvalue weighted by Gasteiger charge is -2.18. The number of carbonyl (C=O) groups is 2. The molecule has 0 aliphatic heterocycles. The highest BCUT2D eigenvalue weighted by Crippen LogP contribution is 2.43. The minimum atomic E-state index is -4.49. The Morgan fingerprint density at radius 2 is 1.24 bits per heavy atom. The minimum Gasteiger partial charge on any atom is -0.489 e. The quantitative estimate of drug-likeness (QED) is 0.143. The van der Waals surface area contributed by atoms with Gasteiger partial charge in [0.05, 0.1) is 4.90 Å². The first-order valence-corrected chi connectivity index (χ1v) is 11.5. The van der Waals surface area contributed by atoms with Gasteiger partial charge in [-0.15, -0.1) is 0 Å². The predicted molar refractivity (Wildman–Crippen MR) is 125 cm³/mol. The molecule has 0 saturated heterocycles. The maximum Gasteiger partial charge on any atom is 0.330 e. The number of carbonyl (C=O) groups excluding carboxylic acids is 2. The third-order valence-electron chi connectivity index (χ3n) is 4.68. The van der Waals surface area contributed by atoms with E-state index in [1.165, 1.54) is 18.2 Å². The average molecular weight is 486 g/mol. The van der Waals surface area contributed by atoms with Gasteiger partial charge in [-0.1, -0.05) is 37.4 Å². The Morgan fingerprint density at radius 3 is 1.71 bits per heavy atom. The van der Waals surface area contributed by atoms with Gasteiger partial charge in [-0.2, -0.15) is 8.42 Å². The fourth-order valence-corrected chi connectivity index (χ4v) is 3.75. The van der Waals surface area contributed by atoms with Gasteiger partial charge in [0.15, 0.2) is 0 Å². The van der Waals surface area contributed by atoms with Crippen molar-refractivity contribution in [1.29, 1.82) is 0 Å². The lowest BCUT2D eigenvalue weighted by atomic mass is 10.0. The smallest absolute Gasteiger partial charge is 0.330 e. The zero-order chi connectivity index (χ0) is 24.7. The molecular formula is C24H22O9S. The first-order chi connectivity index (χ1) is 16.3. The van der Waals surface area contributed by atoms with Crippen molar-refractivity contribution in [2.45, 2.75) is 4.90 Å². The molecule has 0 fully saturated rings. The second-order valence-electron chi connectivity index (χ2n) is 6.83. The lowest BCUT2D eigenvalue weighted by molar-refractivity contribution is -0.139. The Kier molecular flexibility index (Phi) is 7.87. The lowest BCUT2D eigenvalue weighted by Crippen LogP contribution is -2.12. The van der Waals surface area contributed by atoms with Gasteiger partial charge in [0, 0.05) is 33.7 Å². The Labute approximate surface area is 195 Å². The maximum absolute atomic E-state index is 11.8. The molecule has 1 N–H and O–H groups in total. The third kappa shape index (κ3) is 5.72. The van der Waals surface area contributed by atoms with Gasteiger partial charge < -0.3 is 18.9 Å². The number of benzene rings is 3. The van der Waals surface area contributed by atoms with Crippen LogP contribution in [0.3, 0.4) is 0 Å². The second-order valence-corrected chi connectivity index (χ2v) is 8.25. The fourth-order valence-electron chi connectivity index (χ4n) is 3.24. The molecule has 3 aromatic rings. The van der Waals surface area contributed by atoms with Gasteiger partial charge in [-0.25, -0.2) is 9.59 Å². The Morgan fingerprint density at radius 1 is 0.765 bits per heavy atom.